The molecule has 0 fully saturated rings. The minimum absolute atomic E-state index is 0.0299. The first kappa shape index (κ1) is 25.3. The number of methoxy groups -OCH3 is 4. The van der Waals surface area contributed by atoms with E-state index in [9.17, 15) is 13.6 Å². The zero-order valence-electron chi connectivity index (χ0n) is 19.7. The monoisotopic (exact) mass is 481 g/mol. The van der Waals surface area contributed by atoms with Crippen LogP contribution < -0.4 is 24.3 Å². The lowest BCUT2D eigenvalue weighted by atomic mass is 10.1. The van der Waals surface area contributed by atoms with Crippen LogP contribution in [0.15, 0.2) is 60.8 Å². The molecule has 0 saturated carbocycles. The second kappa shape index (κ2) is 11.7. The lowest BCUT2D eigenvalue weighted by Gasteiger charge is -2.13. The summed E-state index contributed by atoms with van der Waals surface area (Å²) >= 11 is 0. The number of hydrogen-bond acceptors (Lipinski definition) is 6. The highest BCUT2D eigenvalue weighted by atomic mass is 19.1. The van der Waals surface area contributed by atoms with Gasteiger partial charge in [0.05, 0.1) is 28.4 Å². The van der Waals surface area contributed by atoms with Gasteiger partial charge in [0.25, 0.3) is 0 Å². The van der Waals surface area contributed by atoms with Crippen molar-refractivity contribution < 1.29 is 32.5 Å². The third-order valence-electron chi connectivity index (χ3n) is 5.05. The molecular weight excluding hydrogens is 456 g/mol. The van der Waals surface area contributed by atoms with Crippen molar-refractivity contribution in [3.63, 3.8) is 0 Å². The Bertz CT molecular complexity index is 1250. The van der Waals surface area contributed by atoms with Gasteiger partial charge in [0.15, 0.2) is 28.8 Å². The van der Waals surface area contributed by atoms with Gasteiger partial charge in [-0.15, -0.1) is 0 Å². The molecule has 0 aliphatic heterocycles. The predicted octanol–water partition coefficient (Wildman–Crippen LogP) is 5.98. The van der Waals surface area contributed by atoms with Crippen LogP contribution in [-0.4, -0.2) is 34.2 Å². The van der Waals surface area contributed by atoms with Gasteiger partial charge in [0.2, 0.25) is 5.75 Å². The van der Waals surface area contributed by atoms with Gasteiger partial charge in [-0.1, -0.05) is 24.3 Å². The van der Waals surface area contributed by atoms with E-state index in [1.54, 1.807) is 24.3 Å². The van der Waals surface area contributed by atoms with Crippen molar-refractivity contribution in [2.24, 2.45) is 0 Å². The summed E-state index contributed by atoms with van der Waals surface area (Å²) in [6, 6.07) is 11.7. The fourth-order valence-electron chi connectivity index (χ4n) is 3.32. The molecular formula is C27H25F2NO5. The average molecular weight is 481 g/mol. The zero-order valence-corrected chi connectivity index (χ0v) is 19.7. The highest BCUT2D eigenvalue weighted by molar-refractivity contribution is 6.04. The van der Waals surface area contributed by atoms with E-state index < -0.39 is 11.6 Å². The summed E-state index contributed by atoms with van der Waals surface area (Å²) in [7, 11) is 5.91. The minimum Gasteiger partial charge on any atom is -0.494 e. The van der Waals surface area contributed by atoms with Crippen LogP contribution in [0.25, 0.3) is 12.2 Å². The van der Waals surface area contributed by atoms with Gasteiger partial charge in [-0.2, -0.15) is 0 Å². The van der Waals surface area contributed by atoms with E-state index in [1.165, 1.54) is 71.0 Å². The van der Waals surface area contributed by atoms with Crippen molar-refractivity contribution in [2.75, 3.05) is 33.8 Å². The van der Waals surface area contributed by atoms with Gasteiger partial charge in [-0.3, -0.25) is 4.79 Å². The maximum absolute atomic E-state index is 14.5. The first-order chi connectivity index (χ1) is 16.9. The summed E-state index contributed by atoms with van der Waals surface area (Å²) in [5.74, 6) is -0.00259. The number of nitrogens with one attached hydrogen (secondary N) is 1. The summed E-state index contributed by atoms with van der Waals surface area (Å²) in [4.78, 5) is 12.3. The summed E-state index contributed by atoms with van der Waals surface area (Å²) in [6.07, 6.45) is 6.10. The van der Waals surface area contributed by atoms with Crippen molar-refractivity contribution >= 4 is 23.6 Å². The second-order valence-electron chi connectivity index (χ2n) is 7.22. The number of anilines is 1. The van der Waals surface area contributed by atoms with Gasteiger partial charge in [0, 0.05) is 35.2 Å². The van der Waals surface area contributed by atoms with Gasteiger partial charge < -0.3 is 24.3 Å². The molecule has 0 atom stereocenters. The van der Waals surface area contributed by atoms with Gasteiger partial charge in [-0.25, -0.2) is 8.78 Å². The normalized spacial score (nSPS) is 11.0. The number of hydrogen-bond donors (Lipinski definition) is 1. The molecule has 0 aliphatic rings. The lowest BCUT2D eigenvalue weighted by molar-refractivity contribution is 0.104. The Labute approximate surface area is 202 Å². The van der Waals surface area contributed by atoms with Crippen LogP contribution in [0.4, 0.5) is 14.5 Å². The highest BCUT2D eigenvalue weighted by Gasteiger charge is 2.13. The number of rotatable bonds is 10. The number of carbonyl (C=O) groups excluding carboxylic acids is 1. The summed E-state index contributed by atoms with van der Waals surface area (Å²) in [6.45, 7) is 0. The second-order valence-corrected chi connectivity index (χ2v) is 7.22. The molecule has 8 heteroatoms. The molecule has 0 aromatic heterocycles. The van der Waals surface area contributed by atoms with E-state index in [2.05, 4.69) is 5.32 Å². The third-order valence-corrected chi connectivity index (χ3v) is 5.05. The highest BCUT2D eigenvalue weighted by Crippen LogP contribution is 2.39. The van der Waals surface area contributed by atoms with E-state index in [0.717, 1.165) is 11.6 Å². The summed E-state index contributed by atoms with van der Waals surface area (Å²) in [5, 5.41) is 2.97. The maximum Gasteiger partial charge on any atom is 0.203 e. The average Bonchev–Trinajstić information content (AvgIpc) is 2.87. The smallest absolute Gasteiger partial charge is 0.203 e. The number of carbonyl (C=O) groups is 1. The fourth-order valence-corrected chi connectivity index (χ4v) is 3.32. The number of allylic oxidation sites excluding steroid dienone is 1. The first-order valence-corrected chi connectivity index (χ1v) is 10.5. The molecule has 3 rings (SSSR count). The van der Waals surface area contributed by atoms with Crippen LogP contribution >= 0.6 is 0 Å². The van der Waals surface area contributed by atoms with E-state index in [-0.39, 0.29) is 17.1 Å². The van der Waals surface area contributed by atoms with E-state index in [4.69, 9.17) is 18.9 Å². The molecule has 0 unspecified atom stereocenters. The van der Waals surface area contributed by atoms with Crippen LogP contribution in [-0.2, 0) is 0 Å². The molecule has 35 heavy (non-hydrogen) atoms. The Balaban J connectivity index is 1.91. The van der Waals surface area contributed by atoms with E-state index >= 15 is 0 Å². The first-order valence-electron chi connectivity index (χ1n) is 10.5. The van der Waals surface area contributed by atoms with Crippen LogP contribution in [0, 0.1) is 11.6 Å². The molecule has 0 bridgehead atoms. The van der Waals surface area contributed by atoms with Crippen LogP contribution in [0.1, 0.15) is 21.5 Å². The third kappa shape index (κ3) is 6.17. The van der Waals surface area contributed by atoms with Crippen molar-refractivity contribution in [3.8, 4) is 23.0 Å². The fraction of sp³-hybridized carbons (Fsp3) is 0.148. The Kier molecular flexibility index (Phi) is 8.45. The topological polar surface area (TPSA) is 66.0 Å². The molecule has 0 amide bonds. The molecule has 0 heterocycles. The molecule has 6 nitrogen and oxygen atoms in total. The number of halogens is 2. The SMILES string of the molecule is COc1cc(NC=CC(=O)c2cccc(F)c2)c(C=Cc2cc(OC)c(OC)c(OC)c2)cc1F. The molecule has 3 aromatic rings. The van der Waals surface area contributed by atoms with Crippen LogP contribution in [0.3, 0.4) is 0 Å². The quantitative estimate of drug-likeness (QED) is 0.218. The van der Waals surface area contributed by atoms with Crippen molar-refractivity contribution in [3.05, 3.63) is 89.1 Å². The van der Waals surface area contributed by atoms with Gasteiger partial charge >= 0.3 is 0 Å². The van der Waals surface area contributed by atoms with E-state index in [1.807, 2.05) is 0 Å². The largest absolute Gasteiger partial charge is 0.494 e. The molecule has 182 valence electrons. The molecule has 3 aromatic carbocycles. The summed E-state index contributed by atoms with van der Waals surface area (Å²) in [5.41, 5.74) is 1.90. The molecule has 1 N–H and O–H groups in total. The van der Waals surface area contributed by atoms with Gasteiger partial charge in [0.1, 0.15) is 5.82 Å². The van der Waals surface area contributed by atoms with Gasteiger partial charge in [-0.05, 0) is 35.9 Å². The lowest BCUT2D eigenvalue weighted by Crippen LogP contribution is -1.99. The minimum atomic E-state index is -0.553. The van der Waals surface area contributed by atoms with Crippen LogP contribution in [0.5, 0.6) is 23.0 Å². The zero-order chi connectivity index (χ0) is 25.4. The Hall–Kier alpha value is -4.33. The maximum atomic E-state index is 14.5. The van der Waals surface area contributed by atoms with Crippen molar-refractivity contribution in [1.29, 1.82) is 0 Å². The number of ketones is 1. The van der Waals surface area contributed by atoms with E-state index in [0.29, 0.717) is 28.5 Å². The molecule has 0 spiro atoms. The predicted molar refractivity (Wildman–Crippen MR) is 131 cm³/mol. The van der Waals surface area contributed by atoms with Crippen molar-refractivity contribution in [1.82, 2.24) is 0 Å². The Morgan fingerprint density at radius 2 is 1.51 bits per heavy atom. The Morgan fingerprint density at radius 1 is 0.829 bits per heavy atom. The molecule has 0 saturated heterocycles. The number of ether oxygens (including phenoxy) is 4. The summed E-state index contributed by atoms with van der Waals surface area (Å²) < 4.78 is 49.0. The molecule has 0 radical (unpaired) electrons. The van der Waals surface area contributed by atoms with Crippen molar-refractivity contribution in [2.45, 2.75) is 0 Å². The molecule has 0 aliphatic carbocycles. The van der Waals surface area contributed by atoms with Crippen LogP contribution in [0.2, 0.25) is 0 Å². The standard InChI is InChI=1S/C27H25F2NO5/c1-32-24-16-22(30-11-10-23(31)19-6-5-7-20(28)14-19)18(15-21(24)29)9-8-17-12-25(33-2)27(35-4)26(13-17)34-3/h5-16,30H,1-4H3. The number of benzene rings is 3. The Morgan fingerprint density at radius 3 is 2.11 bits per heavy atom.